The van der Waals surface area contributed by atoms with Gasteiger partial charge in [-0.25, -0.2) is 4.79 Å². The van der Waals surface area contributed by atoms with Crippen LogP contribution in [0.1, 0.15) is 47.5 Å². The summed E-state index contributed by atoms with van der Waals surface area (Å²) in [5.74, 6) is 1.93. The molecule has 0 fully saturated rings. The van der Waals surface area contributed by atoms with Crippen LogP contribution in [0.5, 0.6) is 0 Å². The van der Waals surface area contributed by atoms with E-state index in [1.165, 1.54) is 0 Å². The van der Waals surface area contributed by atoms with Crippen LogP contribution in [0.15, 0.2) is 0 Å². The Morgan fingerprint density at radius 3 is 2.14 bits per heavy atom. The van der Waals surface area contributed by atoms with Gasteiger partial charge in [0.25, 0.3) is 0 Å². The number of amides is 1. The molecule has 1 amide bonds. The minimum Gasteiger partial charge on any atom is -0.480 e. The lowest BCUT2D eigenvalue weighted by Gasteiger charge is -2.31. The van der Waals surface area contributed by atoms with Crippen LogP contribution in [0, 0.1) is 17.4 Å². The summed E-state index contributed by atoms with van der Waals surface area (Å²) in [5.41, 5.74) is 3.27. The summed E-state index contributed by atoms with van der Waals surface area (Å²) in [5, 5.41) is 11.9. The molecule has 1 atom stereocenters. The topological polar surface area (TPSA) is 66.4 Å². The maximum Gasteiger partial charge on any atom is 0.327 e. The SMILES string of the molecule is CC(C)CC(=O)N[C@@H](CC#C[Si](C)(C)C(C)(C)C)C(=O)O. The molecular formula is C16H29NO3Si. The smallest absolute Gasteiger partial charge is 0.327 e. The summed E-state index contributed by atoms with van der Waals surface area (Å²) in [7, 11) is -1.74. The van der Waals surface area contributed by atoms with E-state index in [1.807, 2.05) is 13.8 Å². The van der Waals surface area contributed by atoms with Crippen molar-refractivity contribution in [1.29, 1.82) is 0 Å². The van der Waals surface area contributed by atoms with E-state index >= 15 is 0 Å². The van der Waals surface area contributed by atoms with Gasteiger partial charge in [0, 0.05) is 12.8 Å². The van der Waals surface area contributed by atoms with Crippen LogP contribution in [0.25, 0.3) is 0 Å². The Hall–Kier alpha value is -1.28. The van der Waals surface area contributed by atoms with Crippen molar-refractivity contribution in [3.05, 3.63) is 0 Å². The van der Waals surface area contributed by atoms with Crippen LogP contribution in [-0.4, -0.2) is 31.1 Å². The van der Waals surface area contributed by atoms with Crippen molar-refractivity contribution < 1.29 is 14.7 Å². The fourth-order valence-corrected chi connectivity index (χ4v) is 2.30. The summed E-state index contributed by atoms with van der Waals surface area (Å²) in [6.07, 6.45) is 0.491. The van der Waals surface area contributed by atoms with Crippen LogP contribution in [0.3, 0.4) is 0 Å². The van der Waals surface area contributed by atoms with E-state index in [-0.39, 0.29) is 23.3 Å². The predicted octanol–water partition coefficient (Wildman–Crippen LogP) is 3.04. The summed E-state index contributed by atoms with van der Waals surface area (Å²) in [6.45, 7) is 14.7. The third-order valence-corrected chi connectivity index (χ3v) is 8.36. The molecular weight excluding hydrogens is 282 g/mol. The number of hydrogen-bond donors (Lipinski definition) is 2. The molecule has 4 nitrogen and oxygen atoms in total. The van der Waals surface area contributed by atoms with Gasteiger partial charge in [-0.3, -0.25) is 4.79 Å². The van der Waals surface area contributed by atoms with Crippen LogP contribution in [-0.2, 0) is 9.59 Å². The maximum atomic E-state index is 11.7. The molecule has 0 aromatic carbocycles. The lowest BCUT2D eigenvalue weighted by atomic mass is 10.1. The van der Waals surface area contributed by atoms with Gasteiger partial charge >= 0.3 is 5.97 Å². The maximum absolute atomic E-state index is 11.7. The Balaban J connectivity index is 4.77. The van der Waals surface area contributed by atoms with Crippen molar-refractivity contribution in [1.82, 2.24) is 5.32 Å². The predicted molar refractivity (Wildman–Crippen MR) is 88.6 cm³/mol. The third-order valence-electron chi connectivity index (χ3n) is 3.81. The first-order valence-electron chi connectivity index (χ1n) is 7.39. The van der Waals surface area contributed by atoms with E-state index < -0.39 is 20.1 Å². The number of carbonyl (C=O) groups is 2. The highest BCUT2D eigenvalue weighted by atomic mass is 28.3. The Morgan fingerprint density at radius 2 is 1.76 bits per heavy atom. The van der Waals surface area contributed by atoms with E-state index in [1.54, 1.807) is 0 Å². The molecule has 0 rings (SSSR count). The van der Waals surface area contributed by atoms with Crippen LogP contribution in [0.4, 0.5) is 0 Å². The number of carbonyl (C=O) groups excluding carboxylic acids is 1. The molecule has 0 spiro atoms. The van der Waals surface area contributed by atoms with E-state index in [0.717, 1.165) is 0 Å². The van der Waals surface area contributed by atoms with Crippen molar-refractivity contribution in [3.8, 4) is 11.5 Å². The highest BCUT2D eigenvalue weighted by Crippen LogP contribution is 2.35. The van der Waals surface area contributed by atoms with Gasteiger partial charge in [-0.1, -0.05) is 47.7 Å². The number of nitrogens with one attached hydrogen (secondary N) is 1. The van der Waals surface area contributed by atoms with Gasteiger partial charge in [-0.2, -0.15) is 0 Å². The zero-order chi connectivity index (χ0) is 16.8. The standard InChI is InChI=1S/C16H29NO3Si/c1-12(2)11-14(18)17-13(15(19)20)9-8-10-21(6,7)16(3,4)5/h12-13H,9,11H2,1-7H3,(H,17,18)(H,19,20)/t13-/m0/s1. The molecule has 0 aliphatic rings. The van der Waals surface area contributed by atoms with Crippen LogP contribution >= 0.6 is 0 Å². The lowest BCUT2D eigenvalue weighted by molar-refractivity contribution is -0.141. The molecule has 21 heavy (non-hydrogen) atoms. The largest absolute Gasteiger partial charge is 0.480 e. The molecule has 0 radical (unpaired) electrons. The summed E-state index contributed by atoms with van der Waals surface area (Å²) < 4.78 is 0. The summed E-state index contributed by atoms with van der Waals surface area (Å²) >= 11 is 0. The first kappa shape index (κ1) is 19.7. The number of hydrogen-bond acceptors (Lipinski definition) is 2. The average Bonchev–Trinajstić information content (AvgIpc) is 2.24. The van der Waals surface area contributed by atoms with Gasteiger partial charge in [0.05, 0.1) is 0 Å². The minimum absolute atomic E-state index is 0.139. The average molecular weight is 311 g/mol. The van der Waals surface area contributed by atoms with E-state index in [2.05, 4.69) is 50.6 Å². The fourth-order valence-electron chi connectivity index (χ4n) is 1.39. The molecule has 5 heteroatoms. The molecule has 0 heterocycles. The van der Waals surface area contributed by atoms with Gasteiger partial charge in [0.1, 0.15) is 14.1 Å². The first-order chi connectivity index (χ1) is 9.36. The molecule has 2 N–H and O–H groups in total. The molecule has 0 saturated carbocycles. The van der Waals surface area contributed by atoms with Gasteiger partial charge in [0.15, 0.2) is 0 Å². The highest BCUT2D eigenvalue weighted by Gasteiger charge is 2.33. The number of carboxylic acid groups (broad SMARTS) is 1. The fraction of sp³-hybridized carbons (Fsp3) is 0.750. The second-order valence-electron chi connectivity index (χ2n) is 7.44. The van der Waals surface area contributed by atoms with Gasteiger partial charge in [-0.15, -0.1) is 11.5 Å². The molecule has 0 saturated heterocycles. The molecule has 0 aliphatic heterocycles. The van der Waals surface area contributed by atoms with Crippen molar-refractivity contribution in [2.75, 3.05) is 0 Å². The van der Waals surface area contributed by atoms with E-state index in [0.29, 0.717) is 6.42 Å². The van der Waals surface area contributed by atoms with Gasteiger partial charge in [0.2, 0.25) is 5.91 Å². The normalized spacial score (nSPS) is 13.3. The Morgan fingerprint density at radius 1 is 1.24 bits per heavy atom. The quantitative estimate of drug-likeness (QED) is 0.606. The van der Waals surface area contributed by atoms with Crippen molar-refractivity contribution in [2.24, 2.45) is 5.92 Å². The summed E-state index contributed by atoms with van der Waals surface area (Å²) in [4.78, 5) is 22.9. The Labute approximate surface area is 129 Å². The van der Waals surface area contributed by atoms with Gasteiger partial charge in [-0.05, 0) is 11.0 Å². The van der Waals surface area contributed by atoms with Crippen LogP contribution in [0.2, 0.25) is 18.1 Å². The molecule has 0 aromatic rings. The van der Waals surface area contributed by atoms with E-state index in [4.69, 9.17) is 0 Å². The van der Waals surface area contributed by atoms with Crippen molar-refractivity contribution >= 4 is 20.0 Å². The van der Waals surface area contributed by atoms with E-state index in [9.17, 15) is 14.7 Å². The second-order valence-corrected chi connectivity index (χ2v) is 12.4. The molecule has 0 aromatic heterocycles. The molecule has 0 unspecified atom stereocenters. The molecule has 0 bridgehead atoms. The third kappa shape index (κ3) is 7.33. The highest BCUT2D eigenvalue weighted by molar-refractivity contribution is 6.87. The second kappa shape index (κ2) is 7.65. The zero-order valence-corrected chi connectivity index (χ0v) is 15.3. The first-order valence-corrected chi connectivity index (χ1v) is 10.4. The Kier molecular flexibility index (Phi) is 7.18. The number of rotatable bonds is 5. The van der Waals surface area contributed by atoms with Gasteiger partial charge < -0.3 is 10.4 Å². The number of aliphatic carboxylic acids is 1. The minimum atomic E-state index is -1.74. The van der Waals surface area contributed by atoms with Crippen molar-refractivity contribution in [2.45, 2.75) is 71.6 Å². The van der Waals surface area contributed by atoms with Crippen LogP contribution < -0.4 is 5.32 Å². The van der Waals surface area contributed by atoms with Crippen molar-refractivity contribution in [3.63, 3.8) is 0 Å². The number of carboxylic acids is 1. The molecule has 0 aliphatic carbocycles. The monoisotopic (exact) mass is 311 g/mol. The zero-order valence-electron chi connectivity index (χ0n) is 14.3. The lowest BCUT2D eigenvalue weighted by Crippen LogP contribution is -2.41. The molecule has 120 valence electrons. The Bertz CT molecular complexity index is 439. The summed E-state index contributed by atoms with van der Waals surface area (Å²) in [6, 6.07) is -0.923.